The molecule has 35 atom stereocenters. The van der Waals surface area contributed by atoms with E-state index in [4.69, 9.17) is 136 Å². The summed E-state index contributed by atoms with van der Waals surface area (Å²) < 4.78 is 106. The summed E-state index contributed by atoms with van der Waals surface area (Å²) in [6, 6.07) is 0. The van der Waals surface area contributed by atoms with Crippen molar-refractivity contribution in [2.45, 2.75) is 217 Å². The van der Waals surface area contributed by atoms with Crippen LogP contribution >= 0.6 is 0 Å². The van der Waals surface area contributed by atoms with E-state index < -0.39 is 251 Å². The standard InChI is InChI=1S/2C15H28O10.C13H24O10.C12H20O10.C9H16O6.C5H10O4/c16-2-4-23-8-15(14(21)13(20)11(5-17)25-15)7-22-3-1-10-12(19)9(18)6-24-10;16-1-2-22-7-15(14(21)13(20)11(4-18)25-15)8-23-5-9-6-24-10(3-17)12(9)19;14-1-8-10(18)12(19)13(23-8,4-20-6-16)5-22-11-7(17)3-21-9(11)2-15;13-3-11-10(18)8(16)6(22-11)2-20-12(4-14)9(17)7(15)5(21-12)1-19-11;10-3-6-7(11)8(12)9(15-6)4-13-1-2-14-5-9;6-1-4-5(8)3(7)2-9-4/h2*9-14,16-21H,1-8H2;7-12,14-19H,1-6H2;5-10,13-18H,1-4H2;6-8,10-12H,1-5H2;3-8H,1-2H2. The normalized spacial score (nSPS) is 44.6. The zero-order valence-electron chi connectivity index (χ0n) is 65.2. The Bertz CT molecular complexity index is 2750. The van der Waals surface area contributed by atoms with Gasteiger partial charge in [-0.3, -0.25) is 0 Å². The molecule has 0 aromatic rings. The fourth-order valence-electron chi connectivity index (χ4n) is 14.9. The summed E-state index contributed by atoms with van der Waals surface area (Å²) >= 11 is 0. The Kier molecular flexibility index (Phi) is 42.8. The van der Waals surface area contributed by atoms with Crippen molar-refractivity contribution in [1.82, 2.24) is 0 Å². The van der Waals surface area contributed by atoms with Crippen molar-refractivity contribution in [3.05, 3.63) is 0 Å². The van der Waals surface area contributed by atoms with Crippen molar-refractivity contribution in [3.8, 4) is 0 Å². The first-order valence-electron chi connectivity index (χ1n) is 38.8. The van der Waals surface area contributed by atoms with Crippen LogP contribution in [0.2, 0.25) is 0 Å². The smallest absolute Gasteiger partial charge is 0.221 e. The molecule has 35 unspecified atom stereocenters. The lowest BCUT2D eigenvalue weighted by molar-refractivity contribution is -0.328. The van der Waals surface area contributed by atoms with Crippen molar-refractivity contribution < 1.29 is 248 Å². The van der Waals surface area contributed by atoms with Gasteiger partial charge in [-0.25, -0.2) is 0 Å². The van der Waals surface area contributed by atoms with Crippen LogP contribution in [-0.4, -0.2) is 576 Å². The molecule has 50 nitrogen and oxygen atoms in total. The Hall–Kier alpha value is -2.00. The quantitative estimate of drug-likeness (QED) is 0.0220. The van der Waals surface area contributed by atoms with E-state index >= 15 is 0 Å². The molecule has 12 aliphatic rings. The second-order valence-corrected chi connectivity index (χ2v) is 30.3. The van der Waals surface area contributed by atoms with E-state index in [9.17, 15) is 112 Å². The highest BCUT2D eigenvalue weighted by molar-refractivity contribution is 5.08. The van der Waals surface area contributed by atoms with Gasteiger partial charge in [-0.2, -0.15) is 0 Å². The van der Waals surface area contributed by atoms with Gasteiger partial charge in [0.15, 0.2) is 0 Å². The monoisotopic (exact) mass is 1750 g/mol. The summed E-state index contributed by atoms with van der Waals surface area (Å²) in [5, 5.41) is 286. The molecule has 1 spiro atoms. The molecule has 12 fully saturated rings. The lowest BCUT2D eigenvalue weighted by atomic mass is 9.96. The Morgan fingerprint density at radius 1 is 0.303 bits per heavy atom. The maximum atomic E-state index is 10.3. The average molecular weight is 1760 g/mol. The third-order valence-corrected chi connectivity index (χ3v) is 22.1. The van der Waals surface area contributed by atoms with Crippen LogP contribution in [0.4, 0.5) is 0 Å². The van der Waals surface area contributed by atoms with E-state index in [1.165, 1.54) is 0 Å². The van der Waals surface area contributed by atoms with Crippen LogP contribution in [0, 0.1) is 5.92 Å². The van der Waals surface area contributed by atoms with E-state index in [1.54, 1.807) is 0 Å². The number of aliphatic hydroxyl groups excluding tert-OH is 30. The predicted molar refractivity (Wildman–Crippen MR) is 378 cm³/mol. The second-order valence-electron chi connectivity index (χ2n) is 30.3. The van der Waals surface area contributed by atoms with Crippen LogP contribution < -0.4 is 0 Å². The summed E-state index contributed by atoms with van der Waals surface area (Å²) in [4.78, 5) is 0. The van der Waals surface area contributed by atoms with E-state index in [1.807, 2.05) is 0 Å². The molecular weight excluding hydrogens is 1630 g/mol. The molecule has 12 saturated heterocycles. The molecule has 702 valence electrons. The molecule has 12 heterocycles. The Morgan fingerprint density at radius 3 is 1.05 bits per heavy atom. The fourth-order valence-corrected chi connectivity index (χ4v) is 14.9. The first-order chi connectivity index (χ1) is 56.8. The number of fused-ring (bicyclic) bond motifs is 4. The maximum absolute atomic E-state index is 10.3. The van der Waals surface area contributed by atoms with Gasteiger partial charge in [-0.05, 0) is 6.42 Å². The molecule has 119 heavy (non-hydrogen) atoms. The number of rotatable bonds is 32. The van der Waals surface area contributed by atoms with Gasteiger partial charge in [0.05, 0.1) is 197 Å². The number of aliphatic hydroxyl groups is 30. The van der Waals surface area contributed by atoms with Crippen LogP contribution in [0.5, 0.6) is 0 Å². The van der Waals surface area contributed by atoms with Crippen molar-refractivity contribution >= 4 is 0 Å². The molecular formula is C69H126O50. The summed E-state index contributed by atoms with van der Waals surface area (Å²) in [6.07, 6.45) is -30.5. The average Bonchev–Trinajstić information content (AvgIpc) is 1.58. The summed E-state index contributed by atoms with van der Waals surface area (Å²) in [5.41, 5.74) is -5.35. The van der Waals surface area contributed by atoms with Crippen LogP contribution in [0.3, 0.4) is 0 Å². The van der Waals surface area contributed by atoms with Crippen molar-refractivity contribution in [1.29, 1.82) is 0 Å². The number of hydrogen-bond acceptors (Lipinski definition) is 50. The summed E-state index contributed by atoms with van der Waals surface area (Å²) in [6.45, 7) is -5.17. The van der Waals surface area contributed by atoms with Gasteiger partial charge in [0.2, 0.25) is 11.6 Å². The van der Waals surface area contributed by atoms with Gasteiger partial charge >= 0.3 is 0 Å². The van der Waals surface area contributed by atoms with E-state index in [2.05, 4.69) is 0 Å². The largest absolute Gasteiger partial charge is 0.394 e. The van der Waals surface area contributed by atoms with Crippen LogP contribution in [0.1, 0.15) is 6.42 Å². The third-order valence-electron chi connectivity index (χ3n) is 22.1. The lowest BCUT2D eigenvalue weighted by Crippen LogP contribution is -2.52. The molecule has 50 heteroatoms. The van der Waals surface area contributed by atoms with Crippen LogP contribution in [0.25, 0.3) is 0 Å². The summed E-state index contributed by atoms with van der Waals surface area (Å²) in [7, 11) is 0. The van der Waals surface area contributed by atoms with Gasteiger partial charge in [0, 0.05) is 12.5 Å². The molecule has 12 aliphatic heterocycles. The van der Waals surface area contributed by atoms with E-state index in [-0.39, 0.29) is 164 Å². The molecule has 12 rings (SSSR count). The van der Waals surface area contributed by atoms with Crippen LogP contribution in [-0.2, 0) is 94.7 Å². The fraction of sp³-hybridized carbons (Fsp3) is 1.00. The first-order valence-corrected chi connectivity index (χ1v) is 38.8. The zero-order chi connectivity index (χ0) is 87.8. The molecule has 0 aromatic carbocycles. The zero-order valence-corrected chi connectivity index (χ0v) is 65.2. The van der Waals surface area contributed by atoms with Gasteiger partial charge in [0.25, 0.3) is 0 Å². The molecule has 0 aliphatic carbocycles. The summed E-state index contributed by atoms with van der Waals surface area (Å²) in [5.74, 6) is -4.09. The van der Waals surface area contributed by atoms with E-state index in [0.29, 0.717) is 19.6 Å². The van der Waals surface area contributed by atoms with Gasteiger partial charge in [0.1, 0.15) is 207 Å². The number of hydrogen-bond donors (Lipinski definition) is 30. The van der Waals surface area contributed by atoms with Crippen LogP contribution in [0.15, 0.2) is 0 Å². The third kappa shape index (κ3) is 25.1. The van der Waals surface area contributed by atoms with E-state index in [0.717, 1.165) is 0 Å². The lowest BCUT2D eigenvalue weighted by Gasteiger charge is -2.34. The second kappa shape index (κ2) is 49.0. The number of ether oxygens (including phenoxy) is 20. The minimum Gasteiger partial charge on any atom is -0.394 e. The Morgan fingerprint density at radius 2 is 0.672 bits per heavy atom. The minimum atomic E-state index is -1.87. The Balaban J connectivity index is 0.000000201. The predicted octanol–water partition coefficient (Wildman–Crippen LogP) is -19.8. The molecule has 0 amide bonds. The van der Waals surface area contributed by atoms with Gasteiger partial charge < -0.3 is 248 Å². The molecule has 4 bridgehead atoms. The maximum Gasteiger partial charge on any atom is 0.221 e. The highest BCUT2D eigenvalue weighted by atomic mass is 16.8. The molecule has 0 aromatic heterocycles. The highest BCUT2D eigenvalue weighted by Gasteiger charge is 2.63. The van der Waals surface area contributed by atoms with Gasteiger partial charge in [-0.15, -0.1) is 0 Å². The topological polar surface area (TPSA) is 792 Å². The molecule has 0 radical (unpaired) electrons. The molecule has 0 saturated carbocycles. The SMILES string of the molecule is OCC12OCC3OC(CO)(OCC(O1)C(O)C2O)C(O)C3O.OCC1OC2(COCCOC2)C(O)C1O.OCC1OCC(O)C1O.OCCOCC1(COCC2COC(CO)C2O)OC(CO)C(O)C1O.OCCOCC1(COCCC2OCC(O)C2O)OC(CO)C(O)C1O.OCOCC1(COC2C(O)COC2CO)OC(CO)C(O)C1O. The van der Waals surface area contributed by atoms with Crippen molar-refractivity contribution in [3.63, 3.8) is 0 Å². The minimum absolute atomic E-state index is 0.00132. The Labute approximate surface area is 681 Å². The molecule has 30 N–H and O–H groups in total. The first kappa shape index (κ1) is 104. The van der Waals surface area contributed by atoms with Crippen molar-refractivity contribution in [2.24, 2.45) is 5.92 Å². The van der Waals surface area contributed by atoms with Crippen molar-refractivity contribution in [2.75, 3.05) is 212 Å². The van der Waals surface area contributed by atoms with Gasteiger partial charge in [-0.1, -0.05) is 0 Å². The highest BCUT2D eigenvalue weighted by Crippen LogP contribution is 2.42.